The standard InChI is InChI=1S/C18H21N/c1-4-18(3,17-11-6-5-7-12-17)19-14-16-10-8-9-15(2)13-16/h4-13,19H,1,14H2,2-3H3/t18-/m0/s1. The molecule has 0 spiro atoms. The summed E-state index contributed by atoms with van der Waals surface area (Å²) < 4.78 is 0. The fourth-order valence-corrected chi connectivity index (χ4v) is 2.18. The molecule has 2 rings (SSSR count). The van der Waals surface area contributed by atoms with Crippen LogP contribution in [0.15, 0.2) is 67.3 Å². The zero-order valence-corrected chi connectivity index (χ0v) is 11.7. The average molecular weight is 251 g/mol. The molecule has 98 valence electrons. The van der Waals surface area contributed by atoms with Crippen LogP contribution in [-0.4, -0.2) is 0 Å². The van der Waals surface area contributed by atoms with Crippen LogP contribution in [0.3, 0.4) is 0 Å². The summed E-state index contributed by atoms with van der Waals surface area (Å²) in [5.41, 5.74) is 3.62. The molecule has 0 aliphatic carbocycles. The normalized spacial score (nSPS) is 13.8. The van der Waals surface area contributed by atoms with Gasteiger partial charge in [-0.25, -0.2) is 0 Å². The lowest BCUT2D eigenvalue weighted by Gasteiger charge is -2.28. The molecule has 0 bridgehead atoms. The van der Waals surface area contributed by atoms with E-state index in [-0.39, 0.29) is 5.54 Å². The van der Waals surface area contributed by atoms with E-state index in [1.807, 2.05) is 12.1 Å². The van der Waals surface area contributed by atoms with Crippen molar-refractivity contribution in [3.63, 3.8) is 0 Å². The fourth-order valence-electron chi connectivity index (χ4n) is 2.18. The van der Waals surface area contributed by atoms with Crippen molar-refractivity contribution < 1.29 is 0 Å². The molecule has 0 amide bonds. The van der Waals surface area contributed by atoms with Crippen LogP contribution in [0, 0.1) is 6.92 Å². The van der Waals surface area contributed by atoms with Gasteiger partial charge in [-0.15, -0.1) is 6.58 Å². The van der Waals surface area contributed by atoms with Gasteiger partial charge in [-0.05, 0) is 25.0 Å². The topological polar surface area (TPSA) is 12.0 Å². The van der Waals surface area contributed by atoms with Gasteiger partial charge >= 0.3 is 0 Å². The van der Waals surface area contributed by atoms with Crippen LogP contribution in [0.4, 0.5) is 0 Å². The molecule has 0 saturated heterocycles. The number of hydrogen-bond acceptors (Lipinski definition) is 1. The third-order valence-electron chi connectivity index (χ3n) is 3.52. The molecule has 0 radical (unpaired) electrons. The highest BCUT2D eigenvalue weighted by atomic mass is 15.0. The van der Waals surface area contributed by atoms with Gasteiger partial charge in [0.2, 0.25) is 0 Å². The Labute approximate surface area is 116 Å². The maximum atomic E-state index is 3.98. The van der Waals surface area contributed by atoms with Crippen LogP contribution < -0.4 is 5.32 Å². The number of nitrogens with one attached hydrogen (secondary N) is 1. The van der Waals surface area contributed by atoms with Crippen LogP contribution in [0.5, 0.6) is 0 Å². The molecule has 2 aromatic carbocycles. The Hall–Kier alpha value is -1.86. The fraction of sp³-hybridized carbons (Fsp3) is 0.222. The third kappa shape index (κ3) is 3.33. The Kier molecular flexibility index (Phi) is 4.18. The van der Waals surface area contributed by atoms with Crippen molar-refractivity contribution in [1.29, 1.82) is 0 Å². The first-order valence-corrected chi connectivity index (χ1v) is 6.64. The molecule has 1 N–H and O–H groups in total. The van der Waals surface area contributed by atoms with Crippen molar-refractivity contribution in [3.8, 4) is 0 Å². The molecule has 0 aliphatic rings. The highest BCUT2D eigenvalue weighted by Crippen LogP contribution is 2.22. The van der Waals surface area contributed by atoms with Gasteiger partial charge < -0.3 is 5.32 Å². The van der Waals surface area contributed by atoms with E-state index < -0.39 is 0 Å². The van der Waals surface area contributed by atoms with Gasteiger partial charge in [0.15, 0.2) is 0 Å². The predicted octanol–water partition coefficient (Wildman–Crippen LogP) is 4.19. The highest BCUT2D eigenvalue weighted by molar-refractivity contribution is 5.29. The Morgan fingerprint density at radius 2 is 1.84 bits per heavy atom. The quantitative estimate of drug-likeness (QED) is 0.786. The first-order chi connectivity index (χ1) is 9.14. The van der Waals surface area contributed by atoms with Gasteiger partial charge in [0, 0.05) is 6.54 Å². The molecule has 2 aromatic rings. The summed E-state index contributed by atoms with van der Waals surface area (Å²) >= 11 is 0. The Morgan fingerprint density at radius 1 is 1.11 bits per heavy atom. The van der Waals surface area contributed by atoms with Crippen LogP contribution >= 0.6 is 0 Å². The monoisotopic (exact) mass is 251 g/mol. The Morgan fingerprint density at radius 3 is 2.47 bits per heavy atom. The summed E-state index contributed by atoms with van der Waals surface area (Å²) in [6, 6.07) is 19.0. The molecule has 0 unspecified atom stereocenters. The lowest BCUT2D eigenvalue weighted by Crippen LogP contribution is -2.36. The third-order valence-corrected chi connectivity index (χ3v) is 3.52. The Bertz CT molecular complexity index is 545. The van der Waals surface area contributed by atoms with Gasteiger partial charge in [-0.1, -0.05) is 66.2 Å². The molecular formula is C18H21N. The van der Waals surface area contributed by atoms with E-state index in [4.69, 9.17) is 0 Å². The van der Waals surface area contributed by atoms with E-state index >= 15 is 0 Å². The first kappa shape index (κ1) is 13.6. The molecule has 0 heterocycles. The van der Waals surface area contributed by atoms with E-state index in [2.05, 4.69) is 74.3 Å². The van der Waals surface area contributed by atoms with E-state index in [0.29, 0.717) is 0 Å². The van der Waals surface area contributed by atoms with E-state index in [9.17, 15) is 0 Å². The number of benzene rings is 2. The number of rotatable bonds is 5. The maximum absolute atomic E-state index is 3.98. The van der Waals surface area contributed by atoms with Gasteiger partial charge in [-0.2, -0.15) is 0 Å². The summed E-state index contributed by atoms with van der Waals surface area (Å²) in [6.45, 7) is 9.09. The molecule has 1 nitrogen and oxygen atoms in total. The highest BCUT2D eigenvalue weighted by Gasteiger charge is 2.21. The molecule has 19 heavy (non-hydrogen) atoms. The SMILES string of the molecule is C=C[C@](C)(NCc1cccc(C)c1)c1ccccc1. The van der Waals surface area contributed by atoms with E-state index in [0.717, 1.165) is 6.54 Å². The molecule has 1 heteroatoms. The molecule has 0 aromatic heterocycles. The van der Waals surface area contributed by atoms with Crippen LogP contribution in [0.2, 0.25) is 0 Å². The number of aryl methyl sites for hydroxylation is 1. The second-order valence-electron chi connectivity index (χ2n) is 5.12. The molecule has 1 atom stereocenters. The van der Waals surface area contributed by atoms with Crippen molar-refractivity contribution in [2.24, 2.45) is 0 Å². The first-order valence-electron chi connectivity index (χ1n) is 6.64. The van der Waals surface area contributed by atoms with Gasteiger partial charge in [-0.3, -0.25) is 0 Å². The smallest absolute Gasteiger partial charge is 0.0591 e. The summed E-state index contributed by atoms with van der Waals surface area (Å²) in [6.07, 6.45) is 1.97. The molecule has 0 saturated carbocycles. The zero-order chi connectivity index (χ0) is 13.7. The lowest BCUT2D eigenvalue weighted by atomic mass is 9.92. The zero-order valence-electron chi connectivity index (χ0n) is 11.7. The molecular weight excluding hydrogens is 230 g/mol. The van der Waals surface area contributed by atoms with Crippen molar-refractivity contribution >= 4 is 0 Å². The largest absolute Gasteiger partial charge is 0.300 e. The van der Waals surface area contributed by atoms with Crippen LogP contribution in [-0.2, 0) is 12.1 Å². The van der Waals surface area contributed by atoms with Crippen LogP contribution in [0.1, 0.15) is 23.6 Å². The summed E-state index contributed by atoms with van der Waals surface area (Å²) in [5.74, 6) is 0. The molecule has 0 fully saturated rings. The summed E-state index contributed by atoms with van der Waals surface area (Å²) in [7, 11) is 0. The minimum Gasteiger partial charge on any atom is -0.300 e. The second-order valence-corrected chi connectivity index (χ2v) is 5.12. The van der Waals surface area contributed by atoms with E-state index in [1.54, 1.807) is 0 Å². The second kappa shape index (κ2) is 5.85. The maximum Gasteiger partial charge on any atom is 0.0591 e. The van der Waals surface area contributed by atoms with Crippen molar-refractivity contribution in [1.82, 2.24) is 5.32 Å². The van der Waals surface area contributed by atoms with Gasteiger partial charge in [0.1, 0.15) is 0 Å². The minimum atomic E-state index is -0.203. The minimum absolute atomic E-state index is 0.203. The number of hydrogen-bond donors (Lipinski definition) is 1. The summed E-state index contributed by atoms with van der Waals surface area (Å²) in [5, 5.41) is 3.59. The lowest BCUT2D eigenvalue weighted by molar-refractivity contribution is 0.453. The Balaban J connectivity index is 2.14. The van der Waals surface area contributed by atoms with Crippen molar-refractivity contribution in [3.05, 3.63) is 83.9 Å². The predicted molar refractivity (Wildman–Crippen MR) is 82.0 cm³/mol. The van der Waals surface area contributed by atoms with Gasteiger partial charge in [0.05, 0.1) is 5.54 Å². The molecule has 0 aliphatic heterocycles. The van der Waals surface area contributed by atoms with Gasteiger partial charge in [0.25, 0.3) is 0 Å². The van der Waals surface area contributed by atoms with E-state index in [1.165, 1.54) is 16.7 Å². The summed E-state index contributed by atoms with van der Waals surface area (Å²) in [4.78, 5) is 0. The van der Waals surface area contributed by atoms with Crippen molar-refractivity contribution in [2.45, 2.75) is 25.9 Å². The average Bonchev–Trinajstić information content (AvgIpc) is 2.46. The van der Waals surface area contributed by atoms with Crippen LogP contribution in [0.25, 0.3) is 0 Å². The van der Waals surface area contributed by atoms with Crippen molar-refractivity contribution in [2.75, 3.05) is 0 Å².